The number of benzene rings is 2. The van der Waals surface area contributed by atoms with Gasteiger partial charge in [0.25, 0.3) is 0 Å². The summed E-state index contributed by atoms with van der Waals surface area (Å²) in [4.78, 5) is 31.3. The molecule has 1 aromatic heterocycles. The molecule has 0 bridgehead atoms. The Kier molecular flexibility index (Phi) is 6.92. The van der Waals surface area contributed by atoms with Gasteiger partial charge in [-0.25, -0.2) is 0 Å². The second-order valence-corrected chi connectivity index (χ2v) is 7.00. The van der Waals surface area contributed by atoms with Gasteiger partial charge in [0.05, 0.1) is 24.3 Å². The minimum absolute atomic E-state index is 0.130. The predicted molar refractivity (Wildman–Crippen MR) is 117 cm³/mol. The van der Waals surface area contributed by atoms with Crippen molar-refractivity contribution in [3.63, 3.8) is 0 Å². The first-order valence-corrected chi connectivity index (χ1v) is 9.78. The van der Waals surface area contributed by atoms with E-state index in [2.05, 4.69) is 15.6 Å². The van der Waals surface area contributed by atoms with Gasteiger partial charge < -0.3 is 10.6 Å². The highest BCUT2D eigenvalue weighted by Gasteiger charge is 2.15. The smallest absolute Gasteiger partial charge is 0.238 e. The molecule has 150 valence electrons. The van der Waals surface area contributed by atoms with Crippen LogP contribution in [0.4, 0.5) is 11.4 Å². The number of hydrogen-bond donors (Lipinski definition) is 2. The number of hydrogen-bond acceptors (Lipinski definition) is 4. The molecule has 2 aromatic carbocycles. The topological polar surface area (TPSA) is 74.3 Å². The number of carbonyl (C=O) groups is 2. The molecule has 0 saturated heterocycles. The molecule has 0 aliphatic carbocycles. The van der Waals surface area contributed by atoms with Crippen molar-refractivity contribution in [3.8, 4) is 0 Å². The van der Waals surface area contributed by atoms with Gasteiger partial charge in [-0.05, 0) is 55.8 Å². The van der Waals surface area contributed by atoms with E-state index in [9.17, 15) is 9.59 Å². The van der Waals surface area contributed by atoms with Crippen LogP contribution in [0.25, 0.3) is 10.9 Å². The van der Waals surface area contributed by atoms with E-state index in [0.717, 1.165) is 34.3 Å². The van der Waals surface area contributed by atoms with E-state index < -0.39 is 0 Å². The normalized spacial score (nSPS) is 10.9. The summed E-state index contributed by atoms with van der Waals surface area (Å²) in [5.41, 5.74) is 3.35. The summed E-state index contributed by atoms with van der Waals surface area (Å²) in [6.07, 6.45) is 2.58. The molecule has 0 unspecified atom stereocenters. The number of nitrogens with zero attached hydrogens (tertiary/aromatic N) is 2. The lowest BCUT2D eigenvalue weighted by Crippen LogP contribution is -2.39. The predicted octanol–water partition coefficient (Wildman–Crippen LogP) is 3.83. The Bertz CT molecular complexity index is 998. The summed E-state index contributed by atoms with van der Waals surface area (Å²) in [6.45, 7) is 4.94. The first-order valence-electron chi connectivity index (χ1n) is 9.78. The van der Waals surface area contributed by atoms with Crippen molar-refractivity contribution in [2.75, 3.05) is 30.3 Å². The Balaban J connectivity index is 1.62. The maximum Gasteiger partial charge on any atom is 0.238 e. The van der Waals surface area contributed by atoms with Gasteiger partial charge in [-0.3, -0.25) is 19.5 Å². The van der Waals surface area contributed by atoms with Crippen molar-refractivity contribution in [3.05, 3.63) is 66.4 Å². The second-order valence-electron chi connectivity index (χ2n) is 7.00. The van der Waals surface area contributed by atoms with Crippen LogP contribution in [0.2, 0.25) is 0 Å². The Morgan fingerprint density at radius 2 is 1.59 bits per heavy atom. The molecule has 3 aromatic rings. The molecular formula is C23H26N4O2. The molecule has 0 aliphatic heterocycles. The van der Waals surface area contributed by atoms with Crippen LogP contribution in [0.5, 0.6) is 0 Å². The number of pyridine rings is 1. The molecule has 1 heterocycles. The number of aromatic nitrogens is 1. The highest BCUT2D eigenvalue weighted by Crippen LogP contribution is 2.21. The van der Waals surface area contributed by atoms with Crippen LogP contribution in [0, 0.1) is 6.92 Å². The Morgan fingerprint density at radius 3 is 2.31 bits per heavy atom. The van der Waals surface area contributed by atoms with Gasteiger partial charge in [-0.2, -0.15) is 0 Å². The number of fused-ring (bicyclic) bond motifs is 1. The van der Waals surface area contributed by atoms with Crippen LogP contribution in [0.15, 0.2) is 60.8 Å². The molecule has 2 N–H and O–H groups in total. The van der Waals surface area contributed by atoms with Gasteiger partial charge in [0, 0.05) is 17.3 Å². The highest BCUT2D eigenvalue weighted by molar-refractivity contribution is 6.02. The zero-order chi connectivity index (χ0) is 20.6. The number of carbonyl (C=O) groups excluding carboxylic acids is 2. The van der Waals surface area contributed by atoms with Crippen molar-refractivity contribution in [1.82, 2.24) is 9.88 Å². The molecule has 3 rings (SSSR count). The fourth-order valence-electron chi connectivity index (χ4n) is 3.24. The molecule has 0 spiro atoms. The van der Waals surface area contributed by atoms with Gasteiger partial charge in [-0.15, -0.1) is 0 Å². The summed E-state index contributed by atoms with van der Waals surface area (Å²) >= 11 is 0. The third-order valence-electron chi connectivity index (χ3n) is 4.61. The molecule has 0 saturated carbocycles. The summed E-state index contributed by atoms with van der Waals surface area (Å²) in [7, 11) is 0. The number of para-hydroxylation sites is 1. The van der Waals surface area contributed by atoms with Crippen LogP contribution < -0.4 is 10.6 Å². The average molecular weight is 390 g/mol. The van der Waals surface area contributed by atoms with Crippen molar-refractivity contribution >= 4 is 34.1 Å². The van der Waals surface area contributed by atoms with E-state index in [4.69, 9.17) is 0 Å². The van der Waals surface area contributed by atoms with Crippen molar-refractivity contribution in [1.29, 1.82) is 0 Å². The Morgan fingerprint density at radius 1 is 0.897 bits per heavy atom. The molecule has 6 heteroatoms. The molecule has 0 aliphatic rings. The summed E-state index contributed by atoms with van der Waals surface area (Å²) in [5, 5.41) is 6.77. The van der Waals surface area contributed by atoms with E-state index in [-0.39, 0.29) is 24.9 Å². The first kappa shape index (κ1) is 20.5. The molecule has 2 amide bonds. The number of rotatable bonds is 8. The van der Waals surface area contributed by atoms with Crippen molar-refractivity contribution in [2.24, 2.45) is 0 Å². The van der Waals surface area contributed by atoms with E-state index in [0.29, 0.717) is 6.54 Å². The summed E-state index contributed by atoms with van der Waals surface area (Å²) in [5.74, 6) is -0.284. The quantitative estimate of drug-likeness (QED) is 0.613. The maximum absolute atomic E-state index is 12.6. The third-order valence-corrected chi connectivity index (χ3v) is 4.61. The lowest BCUT2D eigenvalue weighted by Gasteiger charge is -2.21. The van der Waals surface area contributed by atoms with Crippen molar-refractivity contribution in [2.45, 2.75) is 20.3 Å². The Labute approximate surface area is 170 Å². The minimum atomic E-state index is -0.154. The van der Waals surface area contributed by atoms with Gasteiger partial charge in [-0.1, -0.05) is 31.2 Å². The summed E-state index contributed by atoms with van der Waals surface area (Å²) < 4.78 is 0. The number of anilines is 2. The lowest BCUT2D eigenvalue weighted by atomic mass is 10.2. The van der Waals surface area contributed by atoms with Crippen LogP contribution in [-0.4, -0.2) is 41.3 Å². The highest BCUT2D eigenvalue weighted by atomic mass is 16.2. The molecule has 29 heavy (non-hydrogen) atoms. The number of nitrogens with one attached hydrogen (secondary N) is 2. The monoisotopic (exact) mass is 390 g/mol. The van der Waals surface area contributed by atoms with Crippen LogP contribution in [0.1, 0.15) is 18.9 Å². The lowest BCUT2D eigenvalue weighted by molar-refractivity contribution is -0.120. The van der Waals surface area contributed by atoms with Crippen LogP contribution in [-0.2, 0) is 9.59 Å². The fourth-order valence-corrected chi connectivity index (χ4v) is 3.24. The van der Waals surface area contributed by atoms with Crippen LogP contribution in [0.3, 0.4) is 0 Å². The van der Waals surface area contributed by atoms with E-state index >= 15 is 0 Å². The zero-order valence-electron chi connectivity index (χ0n) is 16.8. The number of amides is 2. The summed E-state index contributed by atoms with van der Waals surface area (Å²) in [6, 6.07) is 17.0. The zero-order valence-corrected chi connectivity index (χ0v) is 16.8. The molecule has 6 nitrogen and oxygen atoms in total. The van der Waals surface area contributed by atoms with E-state index in [1.165, 1.54) is 0 Å². The van der Waals surface area contributed by atoms with E-state index in [1.807, 2.05) is 73.3 Å². The minimum Gasteiger partial charge on any atom is -0.325 e. The van der Waals surface area contributed by atoms with Gasteiger partial charge in [0.15, 0.2) is 0 Å². The number of aryl methyl sites for hydroxylation is 1. The van der Waals surface area contributed by atoms with Crippen molar-refractivity contribution < 1.29 is 9.59 Å². The largest absolute Gasteiger partial charge is 0.325 e. The molecular weight excluding hydrogens is 364 g/mol. The Hall–Kier alpha value is -3.25. The van der Waals surface area contributed by atoms with E-state index in [1.54, 1.807) is 6.20 Å². The second kappa shape index (κ2) is 9.80. The standard InChI is InChI=1S/C23H26N4O2/c1-3-14-27(15-22(28)25-19-10-5-4-8-17(19)2)16-23(29)26-21-12-6-11-20-18(21)9-7-13-24-20/h4-13H,3,14-16H2,1-2H3,(H,25,28)(H,26,29). The van der Waals surface area contributed by atoms with Gasteiger partial charge >= 0.3 is 0 Å². The SMILES string of the molecule is CCCN(CC(=O)Nc1ccccc1C)CC(=O)Nc1cccc2ncccc12. The molecule has 0 atom stereocenters. The third kappa shape index (κ3) is 5.62. The molecule has 0 fully saturated rings. The first-order chi connectivity index (χ1) is 14.1. The average Bonchev–Trinajstić information content (AvgIpc) is 2.70. The molecule has 0 radical (unpaired) electrons. The van der Waals surface area contributed by atoms with Gasteiger partial charge in [0.2, 0.25) is 11.8 Å². The van der Waals surface area contributed by atoms with Crippen LogP contribution >= 0.6 is 0 Å². The fraction of sp³-hybridized carbons (Fsp3) is 0.261. The maximum atomic E-state index is 12.6. The van der Waals surface area contributed by atoms with Gasteiger partial charge in [0.1, 0.15) is 0 Å².